The normalized spacial score (nSPS) is 14.4. The van der Waals surface area contributed by atoms with Crippen molar-refractivity contribution in [2.45, 2.75) is 37.1 Å². The van der Waals surface area contributed by atoms with E-state index < -0.39 is 9.84 Å². The van der Waals surface area contributed by atoms with Gasteiger partial charge in [-0.3, -0.25) is 4.79 Å². The molecule has 2 aromatic rings. The molecule has 1 N–H and O–H groups in total. The summed E-state index contributed by atoms with van der Waals surface area (Å²) in [4.78, 5) is 12.7. The van der Waals surface area contributed by atoms with Gasteiger partial charge in [-0.25, -0.2) is 8.42 Å². The highest BCUT2D eigenvalue weighted by Crippen LogP contribution is 2.31. The van der Waals surface area contributed by atoms with Crippen LogP contribution in [0.1, 0.15) is 36.9 Å². The van der Waals surface area contributed by atoms with Gasteiger partial charge in [-0.15, -0.1) is 0 Å². The van der Waals surface area contributed by atoms with Crippen molar-refractivity contribution in [1.82, 2.24) is 5.32 Å². The third kappa shape index (κ3) is 5.04. The summed E-state index contributed by atoms with van der Waals surface area (Å²) >= 11 is 0. The van der Waals surface area contributed by atoms with Crippen molar-refractivity contribution >= 4 is 15.7 Å². The summed E-state index contributed by atoms with van der Waals surface area (Å²) in [6, 6.07) is 12.3. The van der Waals surface area contributed by atoms with Gasteiger partial charge in [0.2, 0.25) is 5.91 Å². The standard InChI is InChI=1S/C21H25NO5S/c1-3-18(16-6-8-17(9-7-16)28(2,24)25)22-21(23)11-5-15-4-10-19-20(14-15)27-13-12-26-19/h4,6-10,14,18H,3,5,11-13H2,1-2H3,(H,22,23)/t18-/m0/s1. The van der Waals surface area contributed by atoms with Gasteiger partial charge in [0.05, 0.1) is 10.9 Å². The van der Waals surface area contributed by atoms with Gasteiger partial charge in [-0.05, 0) is 48.2 Å². The van der Waals surface area contributed by atoms with Gasteiger partial charge in [0.15, 0.2) is 21.3 Å². The molecular weight excluding hydrogens is 378 g/mol. The Kier molecular flexibility index (Phi) is 6.24. The number of carbonyl (C=O) groups is 1. The monoisotopic (exact) mass is 403 g/mol. The zero-order valence-electron chi connectivity index (χ0n) is 16.1. The van der Waals surface area contributed by atoms with Crippen molar-refractivity contribution in [3.05, 3.63) is 53.6 Å². The van der Waals surface area contributed by atoms with Crippen LogP contribution in [-0.4, -0.2) is 33.8 Å². The lowest BCUT2D eigenvalue weighted by Gasteiger charge is -2.19. The second-order valence-corrected chi connectivity index (χ2v) is 8.86. The minimum atomic E-state index is -3.23. The number of nitrogens with one attached hydrogen (secondary N) is 1. The molecule has 0 radical (unpaired) electrons. The average Bonchev–Trinajstić information content (AvgIpc) is 2.69. The summed E-state index contributed by atoms with van der Waals surface area (Å²) in [5, 5.41) is 3.03. The van der Waals surface area contributed by atoms with Crippen LogP contribution in [0, 0.1) is 0 Å². The predicted octanol–water partition coefficient (Wildman–Crippen LogP) is 3.06. The van der Waals surface area contributed by atoms with E-state index in [0.717, 1.165) is 22.6 Å². The molecule has 0 unspecified atom stereocenters. The molecule has 1 aliphatic rings. The fourth-order valence-electron chi connectivity index (χ4n) is 3.14. The maximum Gasteiger partial charge on any atom is 0.220 e. The molecule has 3 rings (SSSR count). The molecule has 0 saturated heterocycles. The fourth-order valence-corrected chi connectivity index (χ4v) is 3.77. The van der Waals surface area contributed by atoms with E-state index in [4.69, 9.17) is 9.47 Å². The molecule has 0 aliphatic carbocycles. The molecule has 1 heterocycles. The quantitative estimate of drug-likeness (QED) is 0.768. The van der Waals surface area contributed by atoms with Gasteiger partial charge in [-0.1, -0.05) is 25.1 Å². The van der Waals surface area contributed by atoms with E-state index in [0.29, 0.717) is 32.5 Å². The first-order valence-corrected chi connectivity index (χ1v) is 11.2. The molecule has 150 valence electrons. The number of amides is 1. The van der Waals surface area contributed by atoms with Crippen LogP contribution in [0.15, 0.2) is 47.4 Å². The third-order valence-electron chi connectivity index (χ3n) is 4.70. The number of carbonyl (C=O) groups excluding carboxylic acids is 1. The Hall–Kier alpha value is -2.54. The van der Waals surface area contributed by atoms with E-state index in [1.165, 1.54) is 6.26 Å². The number of ether oxygens (including phenoxy) is 2. The van der Waals surface area contributed by atoms with Gasteiger partial charge in [0.1, 0.15) is 13.2 Å². The molecule has 0 spiro atoms. The zero-order chi connectivity index (χ0) is 20.1. The van der Waals surface area contributed by atoms with Gasteiger partial charge >= 0.3 is 0 Å². The summed E-state index contributed by atoms with van der Waals surface area (Å²) in [6.45, 7) is 3.07. The van der Waals surface area contributed by atoms with E-state index in [-0.39, 0.29) is 16.8 Å². The van der Waals surface area contributed by atoms with Crippen molar-refractivity contribution in [1.29, 1.82) is 0 Å². The van der Waals surface area contributed by atoms with Crippen LogP contribution in [0.5, 0.6) is 11.5 Å². The average molecular weight is 404 g/mol. The van der Waals surface area contributed by atoms with Crippen LogP contribution in [0.3, 0.4) is 0 Å². The summed E-state index contributed by atoms with van der Waals surface area (Å²) in [5.74, 6) is 1.42. The summed E-state index contributed by atoms with van der Waals surface area (Å²) < 4.78 is 34.3. The Morgan fingerprint density at radius 3 is 2.39 bits per heavy atom. The number of benzene rings is 2. The second kappa shape index (κ2) is 8.65. The van der Waals surface area contributed by atoms with Crippen LogP contribution >= 0.6 is 0 Å². The summed E-state index contributed by atoms with van der Waals surface area (Å²) in [7, 11) is -3.23. The largest absolute Gasteiger partial charge is 0.486 e. The maximum atomic E-state index is 12.4. The lowest BCUT2D eigenvalue weighted by atomic mass is 10.0. The van der Waals surface area contributed by atoms with Gasteiger partial charge in [0, 0.05) is 12.7 Å². The highest BCUT2D eigenvalue weighted by atomic mass is 32.2. The van der Waals surface area contributed by atoms with Gasteiger partial charge in [-0.2, -0.15) is 0 Å². The molecule has 0 aromatic heterocycles. The Morgan fingerprint density at radius 1 is 1.07 bits per heavy atom. The number of hydrogen-bond acceptors (Lipinski definition) is 5. The third-order valence-corrected chi connectivity index (χ3v) is 5.83. The first-order valence-electron chi connectivity index (χ1n) is 9.34. The highest BCUT2D eigenvalue weighted by Gasteiger charge is 2.16. The number of sulfone groups is 1. The number of hydrogen-bond donors (Lipinski definition) is 1. The lowest BCUT2D eigenvalue weighted by Crippen LogP contribution is -2.28. The molecule has 28 heavy (non-hydrogen) atoms. The molecule has 1 aliphatic heterocycles. The van der Waals surface area contributed by atoms with Crippen molar-refractivity contribution in [3.8, 4) is 11.5 Å². The first kappa shape index (κ1) is 20.2. The summed E-state index contributed by atoms with van der Waals surface area (Å²) in [6.07, 6.45) is 2.86. The molecule has 0 saturated carbocycles. The first-order chi connectivity index (χ1) is 13.4. The van der Waals surface area contributed by atoms with E-state index in [9.17, 15) is 13.2 Å². The molecule has 7 heteroatoms. The van der Waals surface area contributed by atoms with Crippen LogP contribution in [0.25, 0.3) is 0 Å². The Labute approximate surface area is 165 Å². The molecule has 0 fully saturated rings. The van der Waals surface area contributed by atoms with Crippen molar-refractivity contribution < 1.29 is 22.7 Å². The second-order valence-electron chi connectivity index (χ2n) is 6.85. The Balaban J connectivity index is 1.58. The smallest absolute Gasteiger partial charge is 0.220 e. The van der Waals surface area contributed by atoms with Crippen LogP contribution < -0.4 is 14.8 Å². The Morgan fingerprint density at radius 2 is 1.75 bits per heavy atom. The maximum absolute atomic E-state index is 12.4. The van der Waals surface area contributed by atoms with E-state index in [1.807, 2.05) is 25.1 Å². The Bertz CT molecular complexity index is 938. The number of fused-ring (bicyclic) bond motifs is 1. The van der Waals surface area contributed by atoms with Crippen LogP contribution in [0.2, 0.25) is 0 Å². The minimum absolute atomic E-state index is 0.0473. The highest BCUT2D eigenvalue weighted by molar-refractivity contribution is 7.90. The number of rotatable bonds is 7. The minimum Gasteiger partial charge on any atom is -0.486 e. The molecule has 6 nitrogen and oxygen atoms in total. The molecule has 1 atom stereocenters. The number of aryl methyl sites for hydroxylation is 1. The van der Waals surface area contributed by atoms with E-state index in [2.05, 4.69) is 5.32 Å². The van der Waals surface area contributed by atoms with Crippen molar-refractivity contribution in [2.24, 2.45) is 0 Å². The SMILES string of the molecule is CC[C@H](NC(=O)CCc1ccc2c(c1)OCCO2)c1ccc(S(C)(=O)=O)cc1. The topological polar surface area (TPSA) is 81.7 Å². The van der Waals surface area contributed by atoms with E-state index >= 15 is 0 Å². The van der Waals surface area contributed by atoms with Gasteiger partial charge in [0.25, 0.3) is 0 Å². The zero-order valence-corrected chi connectivity index (χ0v) is 16.9. The van der Waals surface area contributed by atoms with Crippen LogP contribution in [-0.2, 0) is 21.1 Å². The van der Waals surface area contributed by atoms with Crippen molar-refractivity contribution in [2.75, 3.05) is 19.5 Å². The molecule has 1 amide bonds. The van der Waals surface area contributed by atoms with E-state index in [1.54, 1.807) is 24.3 Å². The molecule has 2 aromatic carbocycles. The lowest BCUT2D eigenvalue weighted by molar-refractivity contribution is -0.121. The van der Waals surface area contributed by atoms with Crippen molar-refractivity contribution in [3.63, 3.8) is 0 Å². The summed E-state index contributed by atoms with van der Waals surface area (Å²) in [5.41, 5.74) is 1.91. The van der Waals surface area contributed by atoms with Crippen LogP contribution in [0.4, 0.5) is 0 Å². The predicted molar refractivity (Wildman–Crippen MR) is 106 cm³/mol. The fraction of sp³-hybridized carbons (Fsp3) is 0.381. The van der Waals surface area contributed by atoms with Gasteiger partial charge < -0.3 is 14.8 Å². The molecule has 0 bridgehead atoms. The molecular formula is C21H25NO5S.